The molecule has 0 aromatic heterocycles. The molecule has 100 valence electrons. The lowest BCUT2D eigenvalue weighted by Crippen LogP contribution is -2.19. The standard InChI is InChI=1S/C8H16O2.C6H10O/c9-5-7-1-2-8(6-10)4-3-7;1-5(2)7-6(3)4/h7-10H,1-6H2;1,3H2,2,4H3/t7-,8-;. The molecule has 1 saturated carbocycles. The van der Waals surface area contributed by atoms with Crippen LogP contribution < -0.4 is 0 Å². The fourth-order valence-corrected chi connectivity index (χ4v) is 1.89. The van der Waals surface area contributed by atoms with Crippen LogP contribution in [0.25, 0.3) is 0 Å². The molecule has 0 saturated heterocycles. The van der Waals surface area contributed by atoms with Crippen molar-refractivity contribution in [2.45, 2.75) is 39.5 Å². The summed E-state index contributed by atoms with van der Waals surface area (Å²) in [6.07, 6.45) is 4.40. The maximum absolute atomic E-state index is 8.79. The SMILES string of the molecule is C=C(C)OC(=C)C.OC[C@H]1CC[C@H](CO)CC1. The fraction of sp³-hybridized carbons (Fsp3) is 0.714. The van der Waals surface area contributed by atoms with E-state index in [1.165, 1.54) is 0 Å². The number of ether oxygens (including phenoxy) is 1. The van der Waals surface area contributed by atoms with Crippen molar-refractivity contribution >= 4 is 0 Å². The highest BCUT2D eigenvalue weighted by Crippen LogP contribution is 2.27. The van der Waals surface area contributed by atoms with Crippen LogP contribution in [0.3, 0.4) is 0 Å². The maximum atomic E-state index is 8.79. The molecule has 0 aliphatic heterocycles. The minimum Gasteiger partial charge on any atom is -0.468 e. The molecule has 0 heterocycles. The predicted octanol–water partition coefficient (Wildman–Crippen LogP) is 2.85. The zero-order valence-corrected chi connectivity index (χ0v) is 11.1. The topological polar surface area (TPSA) is 49.7 Å². The van der Waals surface area contributed by atoms with Gasteiger partial charge in [-0.1, -0.05) is 13.2 Å². The number of rotatable bonds is 4. The van der Waals surface area contributed by atoms with Crippen molar-refractivity contribution in [1.29, 1.82) is 0 Å². The lowest BCUT2D eigenvalue weighted by Gasteiger charge is -2.25. The molecule has 1 aliphatic carbocycles. The molecule has 0 spiro atoms. The number of aliphatic hydroxyl groups is 2. The second-order valence-electron chi connectivity index (χ2n) is 4.76. The average Bonchev–Trinajstić information content (AvgIpc) is 2.28. The van der Waals surface area contributed by atoms with Gasteiger partial charge in [-0.05, 0) is 51.4 Å². The van der Waals surface area contributed by atoms with Crippen LogP contribution >= 0.6 is 0 Å². The minimum atomic E-state index is 0.331. The first-order chi connectivity index (χ1) is 7.99. The predicted molar refractivity (Wildman–Crippen MR) is 70.3 cm³/mol. The van der Waals surface area contributed by atoms with Gasteiger partial charge in [0.05, 0.1) is 11.5 Å². The van der Waals surface area contributed by atoms with Gasteiger partial charge in [0, 0.05) is 13.2 Å². The Morgan fingerprint density at radius 3 is 1.35 bits per heavy atom. The smallest absolute Gasteiger partial charge is 0.0933 e. The van der Waals surface area contributed by atoms with Crippen LogP contribution in [0, 0.1) is 11.8 Å². The lowest BCUT2D eigenvalue weighted by molar-refractivity contribution is 0.131. The van der Waals surface area contributed by atoms with Crippen LogP contribution in [-0.2, 0) is 4.74 Å². The Balaban J connectivity index is 0.000000325. The maximum Gasteiger partial charge on any atom is 0.0933 e. The first-order valence-electron chi connectivity index (χ1n) is 6.20. The van der Waals surface area contributed by atoms with Gasteiger partial charge >= 0.3 is 0 Å². The Kier molecular flexibility index (Phi) is 8.82. The van der Waals surface area contributed by atoms with E-state index in [2.05, 4.69) is 13.2 Å². The van der Waals surface area contributed by atoms with Crippen molar-refractivity contribution in [3.63, 3.8) is 0 Å². The quantitative estimate of drug-likeness (QED) is 0.745. The third-order valence-corrected chi connectivity index (χ3v) is 2.83. The number of hydrogen-bond acceptors (Lipinski definition) is 3. The number of aliphatic hydroxyl groups excluding tert-OH is 2. The molecule has 1 fully saturated rings. The van der Waals surface area contributed by atoms with Crippen molar-refractivity contribution in [3.8, 4) is 0 Å². The van der Waals surface area contributed by atoms with Crippen molar-refractivity contribution in [2.24, 2.45) is 11.8 Å². The summed E-state index contributed by atoms with van der Waals surface area (Å²) >= 11 is 0. The summed E-state index contributed by atoms with van der Waals surface area (Å²) < 4.78 is 4.86. The van der Waals surface area contributed by atoms with E-state index in [1.807, 2.05) is 0 Å². The summed E-state index contributed by atoms with van der Waals surface area (Å²) in [4.78, 5) is 0. The molecule has 0 aromatic rings. The number of hydrogen-bond donors (Lipinski definition) is 2. The normalized spacial score (nSPS) is 23.3. The van der Waals surface area contributed by atoms with Crippen LogP contribution in [0.15, 0.2) is 24.7 Å². The van der Waals surface area contributed by atoms with Gasteiger partial charge in [0.25, 0.3) is 0 Å². The van der Waals surface area contributed by atoms with Crippen LogP contribution in [0.1, 0.15) is 39.5 Å². The highest BCUT2D eigenvalue weighted by atomic mass is 16.5. The first kappa shape index (κ1) is 16.2. The van der Waals surface area contributed by atoms with Crippen molar-refractivity contribution in [1.82, 2.24) is 0 Å². The second kappa shape index (κ2) is 9.25. The average molecular weight is 242 g/mol. The second-order valence-corrected chi connectivity index (χ2v) is 4.76. The molecule has 17 heavy (non-hydrogen) atoms. The van der Waals surface area contributed by atoms with E-state index in [0.717, 1.165) is 25.7 Å². The molecule has 1 rings (SSSR count). The lowest BCUT2D eigenvalue weighted by atomic mass is 9.83. The highest BCUT2D eigenvalue weighted by Gasteiger charge is 2.19. The molecule has 0 aromatic carbocycles. The summed E-state index contributed by atoms with van der Waals surface area (Å²) in [5, 5.41) is 17.6. The molecular formula is C14H26O3. The Bertz CT molecular complexity index is 204. The van der Waals surface area contributed by atoms with Gasteiger partial charge in [-0.15, -0.1) is 0 Å². The Morgan fingerprint density at radius 1 is 0.941 bits per heavy atom. The molecule has 0 unspecified atom stereocenters. The van der Waals surface area contributed by atoms with Gasteiger partial charge in [-0.25, -0.2) is 0 Å². The van der Waals surface area contributed by atoms with E-state index in [9.17, 15) is 0 Å². The van der Waals surface area contributed by atoms with E-state index < -0.39 is 0 Å². The van der Waals surface area contributed by atoms with Crippen molar-refractivity contribution in [2.75, 3.05) is 13.2 Å². The van der Waals surface area contributed by atoms with Crippen molar-refractivity contribution in [3.05, 3.63) is 24.7 Å². The zero-order valence-electron chi connectivity index (χ0n) is 11.1. The van der Waals surface area contributed by atoms with E-state index in [1.54, 1.807) is 13.8 Å². The molecule has 0 amide bonds. The summed E-state index contributed by atoms with van der Waals surface area (Å²) in [5.41, 5.74) is 0. The van der Waals surface area contributed by atoms with Crippen LogP contribution in [0.5, 0.6) is 0 Å². The largest absolute Gasteiger partial charge is 0.468 e. The van der Waals surface area contributed by atoms with Crippen LogP contribution in [-0.4, -0.2) is 23.4 Å². The molecule has 1 aliphatic rings. The summed E-state index contributed by atoms with van der Waals surface area (Å²) in [6, 6.07) is 0. The molecule has 0 bridgehead atoms. The van der Waals surface area contributed by atoms with E-state index in [0.29, 0.717) is 36.6 Å². The third-order valence-electron chi connectivity index (χ3n) is 2.83. The van der Waals surface area contributed by atoms with Crippen LogP contribution in [0.2, 0.25) is 0 Å². The molecule has 0 atom stereocenters. The zero-order chi connectivity index (χ0) is 13.3. The molecule has 2 N–H and O–H groups in total. The number of allylic oxidation sites excluding steroid dienone is 2. The van der Waals surface area contributed by atoms with Crippen LogP contribution in [0.4, 0.5) is 0 Å². The van der Waals surface area contributed by atoms with E-state index in [4.69, 9.17) is 14.9 Å². The Hall–Kier alpha value is -0.800. The van der Waals surface area contributed by atoms with Gasteiger partial charge in [0.15, 0.2) is 0 Å². The molecule has 0 radical (unpaired) electrons. The van der Waals surface area contributed by atoms with Gasteiger partial charge in [0.1, 0.15) is 0 Å². The Morgan fingerprint density at radius 2 is 1.24 bits per heavy atom. The molecular weight excluding hydrogens is 216 g/mol. The summed E-state index contributed by atoms with van der Waals surface area (Å²) in [6.45, 7) is 11.3. The minimum absolute atomic E-state index is 0.331. The first-order valence-corrected chi connectivity index (χ1v) is 6.20. The van der Waals surface area contributed by atoms with Gasteiger partial charge < -0.3 is 14.9 Å². The Labute approximate surface area is 105 Å². The molecule has 3 nitrogen and oxygen atoms in total. The third kappa shape index (κ3) is 8.95. The van der Waals surface area contributed by atoms with Gasteiger partial charge in [0.2, 0.25) is 0 Å². The molecule has 3 heteroatoms. The summed E-state index contributed by atoms with van der Waals surface area (Å²) in [7, 11) is 0. The fourth-order valence-electron chi connectivity index (χ4n) is 1.89. The van der Waals surface area contributed by atoms with E-state index in [-0.39, 0.29) is 0 Å². The van der Waals surface area contributed by atoms with Gasteiger partial charge in [-0.3, -0.25) is 0 Å². The van der Waals surface area contributed by atoms with E-state index >= 15 is 0 Å². The monoisotopic (exact) mass is 242 g/mol. The summed E-state index contributed by atoms with van der Waals surface area (Å²) in [5.74, 6) is 2.41. The highest BCUT2D eigenvalue weighted by molar-refractivity contribution is 4.85. The van der Waals surface area contributed by atoms with Gasteiger partial charge in [-0.2, -0.15) is 0 Å². The van der Waals surface area contributed by atoms with Crippen molar-refractivity contribution < 1.29 is 14.9 Å².